The summed E-state index contributed by atoms with van der Waals surface area (Å²) in [6.45, 7) is 5.76. The van der Waals surface area contributed by atoms with Crippen LogP contribution in [0.25, 0.3) is 10.9 Å². The molecule has 0 fully saturated rings. The first-order chi connectivity index (χ1) is 13.9. The van der Waals surface area contributed by atoms with Gasteiger partial charge in [0.25, 0.3) is 5.56 Å². The molecule has 1 aliphatic rings. The normalized spacial score (nSPS) is 16.3. The molecule has 0 spiro atoms. The summed E-state index contributed by atoms with van der Waals surface area (Å²) in [4.78, 5) is 28.4. The maximum Gasteiger partial charge on any atom is 0.257 e. The van der Waals surface area contributed by atoms with Crippen molar-refractivity contribution in [1.29, 1.82) is 0 Å². The molecule has 1 atom stereocenters. The smallest absolute Gasteiger partial charge is 0.257 e. The Morgan fingerprint density at radius 2 is 1.93 bits per heavy atom. The van der Waals surface area contributed by atoms with Gasteiger partial charge in [0.2, 0.25) is 5.91 Å². The summed E-state index contributed by atoms with van der Waals surface area (Å²) >= 11 is 6.07. The Morgan fingerprint density at radius 1 is 1.21 bits per heavy atom. The van der Waals surface area contributed by atoms with Gasteiger partial charge in [0, 0.05) is 23.3 Å². The summed E-state index contributed by atoms with van der Waals surface area (Å²) in [6.07, 6.45) is 0.850. The predicted molar refractivity (Wildman–Crippen MR) is 117 cm³/mol. The standard InChI is InChI=1S/C23H22ClN3O2/c1-4-21(28)27-20(15-7-5-13(2)6-8-15)12-19(26-27)22-14(3)17-10-9-16(24)11-18(17)25-23(22)29/h5-11,20H,4,12H2,1-3H3,(H,25,29)/t20-/m1/s1. The molecule has 0 unspecified atom stereocenters. The molecule has 2 aromatic carbocycles. The van der Waals surface area contributed by atoms with Crippen molar-refractivity contribution < 1.29 is 4.79 Å². The van der Waals surface area contributed by atoms with Crippen LogP contribution in [0.1, 0.15) is 48.1 Å². The quantitative estimate of drug-likeness (QED) is 0.672. The minimum atomic E-state index is -0.218. The summed E-state index contributed by atoms with van der Waals surface area (Å²) in [7, 11) is 0. The molecular weight excluding hydrogens is 386 g/mol. The van der Waals surface area contributed by atoms with Crippen molar-refractivity contribution >= 4 is 34.1 Å². The Bertz CT molecular complexity index is 1200. The summed E-state index contributed by atoms with van der Waals surface area (Å²) < 4.78 is 0. The van der Waals surface area contributed by atoms with Crippen LogP contribution in [0.2, 0.25) is 5.02 Å². The lowest BCUT2D eigenvalue weighted by atomic mass is 9.95. The number of carbonyl (C=O) groups is 1. The molecule has 0 saturated carbocycles. The van der Waals surface area contributed by atoms with E-state index >= 15 is 0 Å². The second kappa shape index (κ2) is 7.48. The second-order valence-corrected chi connectivity index (χ2v) is 7.85. The number of benzene rings is 2. The molecule has 6 heteroatoms. The highest BCUT2D eigenvalue weighted by Gasteiger charge is 2.34. The molecule has 148 valence electrons. The van der Waals surface area contributed by atoms with Crippen molar-refractivity contribution in [2.24, 2.45) is 5.10 Å². The molecule has 4 rings (SSSR count). The van der Waals surface area contributed by atoms with Crippen LogP contribution in [-0.4, -0.2) is 21.6 Å². The molecule has 0 aliphatic carbocycles. The van der Waals surface area contributed by atoms with Gasteiger partial charge >= 0.3 is 0 Å². The maximum atomic E-state index is 12.9. The first kappa shape index (κ1) is 19.4. The number of aryl methyl sites for hydroxylation is 2. The average molecular weight is 408 g/mol. The van der Waals surface area contributed by atoms with Crippen LogP contribution in [0, 0.1) is 13.8 Å². The lowest BCUT2D eigenvalue weighted by Gasteiger charge is -2.21. The van der Waals surface area contributed by atoms with Crippen LogP contribution in [0.15, 0.2) is 52.4 Å². The van der Waals surface area contributed by atoms with E-state index in [2.05, 4.69) is 10.1 Å². The van der Waals surface area contributed by atoms with Crippen LogP contribution in [-0.2, 0) is 4.79 Å². The van der Waals surface area contributed by atoms with Gasteiger partial charge in [0.15, 0.2) is 0 Å². The van der Waals surface area contributed by atoms with Gasteiger partial charge < -0.3 is 4.98 Å². The molecule has 29 heavy (non-hydrogen) atoms. The highest BCUT2D eigenvalue weighted by Crippen LogP contribution is 2.34. The number of halogens is 1. The summed E-state index contributed by atoms with van der Waals surface area (Å²) in [5.41, 5.74) is 4.65. The third-order valence-corrected chi connectivity index (χ3v) is 5.69. The molecule has 1 aromatic heterocycles. The third-order valence-electron chi connectivity index (χ3n) is 5.45. The average Bonchev–Trinajstić information content (AvgIpc) is 3.12. The number of hydrazone groups is 1. The van der Waals surface area contributed by atoms with Crippen molar-refractivity contribution in [1.82, 2.24) is 9.99 Å². The number of hydrogen-bond acceptors (Lipinski definition) is 3. The third kappa shape index (κ3) is 3.47. The first-order valence-corrected chi connectivity index (χ1v) is 10.1. The van der Waals surface area contributed by atoms with Crippen molar-refractivity contribution in [2.75, 3.05) is 0 Å². The topological polar surface area (TPSA) is 65.5 Å². The first-order valence-electron chi connectivity index (χ1n) is 9.67. The number of nitrogens with one attached hydrogen (secondary N) is 1. The SMILES string of the molecule is CCC(=O)N1N=C(c2c(C)c3ccc(Cl)cc3[nH]c2=O)C[C@@H]1c1ccc(C)cc1. The van der Waals surface area contributed by atoms with Gasteiger partial charge in [-0.25, -0.2) is 5.01 Å². The van der Waals surface area contributed by atoms with Gasteiger partial charge in [-0.3, -0.25) is 9.59 Å². The van der Waals surface area contributed by atoms with E-state index in [-0.39, 0.29) is 17.5 Å². The van der Waals surface area contributed by atoms with Gasteiger partial charge in [0.1, 0.15) is 0 Å². The minimum Gasteiger partial charge on any atom is -0.321 e. The van der Waals surface area contributed by atoms with Crippen molar-refractivity contribution in [3.8, 4) is 0 Å². The monoisotopic (exact) mass is 407 g/mol. The molecule has 1 amide bonds. The fourth-order valence-electron chi connectivity index (χ4n) is 3.89. The highest BCUT2D eigenvalue weighted by atomic mass is 35.5. The van der Waals surface area contributed by atoms with Crippen LogP contribution in [0.4, 0.5) is 0 Å². The number of H-pyrrole nitrogens is 1. The molecule has 5 nitrogen and oxygen atoms in total. The van der Waals surface area contributed by atoms with Gasteiger partial charge in [-0.05, 0) is 37.1 Å². The number of carbonyl (C=O) groups excluding carboxylic acids is 1. The van der Waals surface area contributed by atoms with E-state index in [1.165, 1.54) is 5.01 Å². The van der Waals surface area contributed by atoms with Crippen LogP contribution < -0.4 is 5.56 Å². The van der Waals surface area contributed by atoms with Crippen molar-refractivity contribution in [3.63, 3.8) is 0 Å². The van der Waals surface area contributed by atoms with E-state index in [9.17, 15) is 9.59 Å². The summed E-state index contributed by atoms with van der Waals surface area (Å²) in [5.74, 6) is -0.0628. The predicted octanol–water partition coefficient (Wildman–Crippen LogP) is 4.89. The van der Waals surface area contributed by atoms with Gasteiger partial charge in [-0.2, -0.15) is 5.10 Å². The van der Waals surface area contributed by atoms with E-state index in [0.29, 0.717) is 34.7 Å². The lowest BCUT2D eigenvalue weighted by molar-refractivity contribution is -0.132. The van der Waals surface area contributed by atoms with Gasteiger partial charge in [-0.15, -0.1) is 0 Å². The molecular formula is C23H22ClN3O2. The Balaban J connectivity index is 1.82. The van der Waals surface area contributed by atoms with E-state index in [0.717, 1.165) is 22.1 Å². The molecule has 1 N–H and O–H groups in total. The van der Waals surface area contributed by atoms with Gasteiger partial charge in [-0.1, -0.05) is 54.4 Å². The number of pyridine rings is 1. The summed E-state index contributed by atoms with van der Waals surface area (Å²) in [5, 5.41) is 7.63. The van der Waals surface area contributed by atoms with Gasteiger partial charge in [0.05, 0.1) is 22.8 Å². The number of nitrogens with zero attached hydrogens (tertiary/aromatic N) is 2. The van der Waals surface area contributed by atoms with Crippen LogP contribution in [0.3, 0.4) is 0 Å². The Kier molecular flexibility index (Phi) is 5.01. The highest BCUT2D eigenvalue weighted by molar-refractivity contribution is 6.31. The molecule has 1 aliphatic heterocycles. The van der Waals surface area contributed by atoms with Crippen molar-refractivity contribution in [2.45, 2.75) is 39.7 Å². The number of aromatic amines is 1. The zero-order valence-electron chi connectivity index (χ0n) is 16.6. The fraction of sp³-hybridized carbons (Fsp3) is 0.261. The fourth-order valence-corrected chi connectivity index (χ4v) is 4.06. The Morgan fingerprint density at radius 3 is 2.62 bits per heavy atom. The number of aromatic nitrogens is 1. The second-order valence-electron chi connectivity index (χ2n) is 7.41. The number of amides is 1. The molecule has 2 heterocycles. The largest absolute Gasteiger partial charge is 0.321 e. The van der Waals surface area contributed by atoms with E-state index < -0.39 is 0 Å². The Labute approximate surface area is 174 Å². The molecule has 0 bridgehead atoms. The maximum absolute atomic E-state index is 12.9. The van der Waals surface area contributed by atoms with Crippen LogP contribution >= 0.6 is 11.6 Å². The van der Waals surface area contributed by atoms with Crippen LogP contribution in [0.5, 0.6) is 0 Å². The Hall–Kier alpha value is -2.92. The summed E-state index contributed by atoms with van der Waals surface area (Å²) in [6, 6.07) is 13.3. The number of fused-ring (bicyclic) bond motifs is 1. The van der Waals surface area contributed by atoms with Crippen molar-refractivity contribution in [3.05, 3.63) is 80.1 Å². The number of hydrogen-bond donors (Lipinski definition) is 1. The van der Waals surface area contributed by atoms with E-state index in [4.69, 9.17) is 11.6 Å². The zero-order chi connectivity index (χ0) is 20.7. The zero-order valence-corrected chi connectivity index (χ0v) is 17.4. The molecule has 0 saturated heterocycles. The molecule has 0 radical (unpaired) electrons. The number of rotatable bonds is 3. The van der Waals surface area contributed by atoms with E-state index in [1.807, 2.05) is 51.1 Å². The lowest BCUT2D eigenvalue weighted by Crippen LogP contribution is -2.26. The molecule has 3 aromatic rings. The minimum absolute atomic E-state index is 0.0628. The van der Waals surface area contributed by atoms with E-state index in [1.54, 1.807) is 12.1 Å².